The third-order valence-electron chi connectivity index (χ3n) is 3.76. The van der Waals surface area contributed by atoms with Crippen molar-refractivity contribution >= 4 is 27.5 Å². The molecule has 0 bridgehead atoms. The molecule has 1 aliphatic heterocycles. The van der Waals surface area contributed by atoms with Gasteiger partial charge in [0.2, 0.25) is 0 Å². The van der Waals surface area contributed by atoms with E-state index < -0.39 is 5.82 Å². The molecule has 2 N–H and O–H groups in total. The van der Waals surface area contributed by atoms with Crippen LogP contribution < -0.4 is 5.73 Å². The van der Waals surface area contributed by atoms with Crippen molar-refractivity contribution in [2.24, 2.45) is 0 Å². The number of fused-ring (bicyclic) bond motifs is 1. The number of hydrogen-bond donors (Lipinski definition) is 1. The highest BCUT2D eigenvalue weighted by molar-refractivity contribution is 9.10. The molecule has 5 heteroatoms. The number of rotatable bonds is 1. The van der Waals surface area contributed by atoms with Crippen LogP contribution in [-0.2, 0) is 13.0 Å². The summed E-state index contributed by atoms with van der Waals surface area (Å²) in [6.07, 6.45) is 0.769. The lowest BCUT2D eigenvalue weighted by Gasteiger charge is -2.29. The lowest BCUT2D eigenvalue weighted by atomic mass is 9.97. The second kappa shape index (κ2) is 5.48. The highest BCUT2D eigenvalue weighted by Crippen LogP contribution is 2.26. The molecule has 1 amide bonds. The van der Waals surface area contributed by atoms with Crippen molar-refractivity contribution < 1.29 is 9.18 Å². The molecule has 0 saturated carbocycles. The van der Waals surface area contributed by atoms with Gasteiger partial charge in [0.25, 0.3) is 5.91 Å². The second-order valence-corrected chi connectivity index (χ2v) is 5.94. The lowest BCUT2D eigenvalue weighted by Crippen LogP contribution is -2.36. The molecule has 108 valence electrons. The van der Waals surface area contributed by atoms with Crippen molar-refractivity contribution in [2.45, 2.75) is 13.0 Å². The topological polar surface area (TPSA) is 46.3 Å². The molecule has 0 atom stereocenters. The van der Waals surface area contributed by atoms with Crippen molar-refractivity contribution in [3.63, 3.8) is 0 Å². The van der Waals surface area contributed by atoms with Gasteiger partial charge < -0.3 is 10.6 Å². The lowest BCUT2D eigenvalue weighted by molar-refractivity contribution is 0.0734. The number of carbonyl (C=O) groups excluding carboxylic acids is 1. The second-order valence-electron chi connectivity index (χ2n) is 5.09. The molecular weight excluding hydrogens is 335 g/mol. The normalized spacial score (nSPS) is 13.9. The molecule has 3 rings (SSSR count). The zero-order valence-corrected chi connectivity index (χ0v) is 12.9. The minimum atomic E-state index is -0.433. The Hall–Kier alpha value is -1.88. The van der Waals surface area contributed by atoms with E-state index in [9.17, 15) is 9.18 Å². The summed E-state index contributed by atoms with van der Waals surface area (Å²) >= 11 is 3.09. The maximum atomic E-state index is 13.6. The van der Waals surface area contributed by atoms with Crippen LogP contribution in [0.2, 0.25) is 0 Å². The molecule has 1 heterocycles. The number of hydrogen-bond acceptors (Lipinski definition) is 2. The van der Waals surface area contributed by atoms with Gasteiger partial charge in [-0.1, -0.05) is 12.1 Å². The Morgan fingerprint density at radius 2 is 2.10 bits per heavy atom. The predicted molar refractivity (Wildman–Crippen MR) is 83.4 cm³/mol. The molecule has 0 aliphatic carbocycles. The molecular formula is C16H14BrFN2O. The summed E-state index contributed by atoms with van der Waals surface area (Å²) < 4.78 is 13.9. The summed E-state index contributed by atoms with van der Waals surface area (Å²) in [7, 11) is 0. The molecule has 3 nitrogen and oxygen atoms in total. The van der Waals surface area contributed by atoms with Crippen molar-refractivity contribution in [1.82, 2.24) is 4.90 Å². The summed E-state index contributed by atoms with van der Waals surface area (Å²) in [5, 5.41) is 0. The van der Waals surface area contributed by atoms with Gasteiger partial charge in [0.05, 0.1) is 4.47 Å². The molecule has 21 heavy (non-hydrogen) atoms. The fourth-order valence-electron chi connectivity index (χ4n) is 2.59. The van der Waals surface area contributed by atoms with E-state index in [0.29, 0.717) is 28.8 Å². The van der Waals surface area contributed by atoms with E-state index >= 15 is 0 Å². The average Bonchev–Trinajstić information content (AvgIpc) is 2.49. The Bertz CT molecular complexity index is 717. The largest absolute Gasteiger partial charge is 0.398 e. The first-order valence-corrected chi connectivity index (χ1v) is 7.46. The SMILES string of the molecule is Nc1cccc2c1CN(C(=O)c1ccc(Br)c(F)c1)CC2. The van der Waals surface area contributed by atoms with Gasteiger partial charge in [0.1, 0.15) is 5.82 Å². The highest BCUT2D eigenvalue weighted by Gasteiger charge is 2.23. The van der Waals surface area contributed by atoms with Gasteiger partial charge in [-0.2, -0.15) is 0 Å². The van der Waals surface area contributed by atoms with Crippen LogP contribution in [0.5, 0.6) is 0 Å². The number of anilines is 1. The smallest absolute Gasteiger partial charge is 0.254 e. The predicted octanol–water partition coefficient (Wildman–Crippen LogP) is 3.37. The summed E-state index contributed by atoms with van der Waals surface area (Å²) in [6.45, 7) is 1.09. The van der Waals surface area contributed by atoms with E-state index in [1.807, 2.05) is 18.2 Å². The van der Waals surface area contributed by atoms with E-state index in [1.165, 1.54) is 11.6 Å². The Kier molecular flexibility index (Phi) is 3.68. The monoisotopic (exact) mass is 348 g/mol. The van der Waals surface area contributed by atoms with Gasteiger partial charge in [0.15, 0.2) is 0 Å². The molecule has 1 aliphatic rings. The van der Waals surface area contributed by atoms with Crippen molar-refractivity contribution in [2.75, 3.05) is 12.3 Å². The number of benzene rings is 2. The molecule has 0 fully saturated rings. The van der Waals surface area contributed by atoms with E-state index in [2.05, 4.69) is 15.9 Å². The average molecular weight is 349 g/mol. The number of nitrogens with two attached hydrogens (primary N) is 1. The molecule has 0 radical (unpaired) electrons. The number of nitrogens with zero attached hydrogens (tertiary/aromatic N) is 1. The van der Waals surface area contributed by atoms with Crippen LogP contribution in [-0.4, -0.2) is 17.4 Å². The first-order chi connectivity index (χ1) is 10.1. The molecule has 2 aromatic rings. The van der Waals surface area contributed by atoms with E-state index in [1.54, 1.807) is 17.0 Å². The summed E-state index contributed by atoms with van der Waals surface area (Å²) in [5.74, 6) is -0.604. The number of nitrogen functional groups attached to an aromatic ring is 1. The zero-order valence-electron chi connectivity index (χ0n) is 11.3. The van der Waals surface area contributed by atoms with Gasteiger partial charge in [-0.3, -0.25) is 4.79 Å². The van der Waals surface area contributed by atoms with Crippen LogP contribution >= 0.6 is 15.9 Å². The van der Waals surface area contributed by atoms with Crippen LogP contribution in [0.3, 0.4) is 0 Å². The van der Waals surface area contributed by atoms with Crippen LogP contribution in [0.15, 0.2) is 40.9 Å². The third-order valence-corrected chi connectivity index (χ3v) is 4.41. The quantitative estimate of drug-likeness (QED) is 0.803. The summed E-state index contributed by atoms with van der Waals surface area (Å²) in [6, 6.07) is 10.2. The van der Waals surface area contributed by atoms with Crippen molar-refractivity contribution in [3.05, 3.63) is 63.4 Å². The minimum absolute atomic E-state index is 0.171. The Balaban J connectivity index is 1.87. The van der Waals surface area contributed by atoms with E-state index in [4.69, 9.17) is 5.73 Å². The van der Waals surface area contributed by atoms with Crippen molar-refractivity contribution in [3.8, 4) is 0 Å². The van der Waals surface area contributed by atoms with Crippen LogP contribution in [0.25, 0.3) is 0 Å². The Labute approximate surface area is 130 Å². The van der Waals surface area contributed by atoms with E-state index in [-0.39, 0.29) is 5.91 Å². The highest BCUT2D eigenvalue weighted by atomic mass is 79.9. The summed E-state index contributed by atoms with van der Waals surface area (Å²) in [4.78, 5) is 14.2. The number of amides is 1. The van der Waals surface area contributed by atoms with Crippen molar-refractivity contribution in [1.29, 1.82) is 0 Å². The molecule has 0 unspecified atom stereocenters. The maximum absolute atomic E-state index is 13.6. The van der Waals surface area contributed by atoms with Gasteiger partial charge in [0, 0.05) is 24.3 Å². The van der Waals surface area contributed by atoms with E-state index in [0.717, 1.165) is 12.0 Å². The molecule has 2 aromatic carbocycles. The van der Waals surface area contributed by atoms with Gasteiger partial charge in [-0.15, -0.1) is 0 Å². The minimum Gasteiger partial charge on any atom is -0.398 e. The summed E-state index contributed by atoms with van der Waals surface area (Å²) in [5.41, 5.74) is 9.21. The number of halogens is 2. The van der Waals surface area contributed by atoms with Crippen LogP contribution in [0.4, 0.5) is 10.1 Å². The first-order valence-electron chi connectivity index (χ1n) is 6.67. The van der Waals surface area contributed by atoms with Gasteiger partial charge in [-0.05, 0) is 57.7 Å². The fourth-order valence-corrected chi connectivity index (χ4v) is 2.84. The maximum Gasteiger partial charge on any atom is 0.254 e. The Morgan fingerprint density at radius 3 is 2.86 bits per heavy atom. The zero-order chi connectivity index (χ0) is 15.0. The third kappa shape index (κ3) is 2.65. The van der Waals surface area contributed by atoms with Gasteiger partial charge >= 0.3 is 0 Å². The van der Waals surface area contributed by atoms with Crippen LogP contribution in [0, 0.1) is 5.82 Å². The molecule has 0 saturated heterocycles. The van der Waals surface area contributed by atoms with Gasteiger partial charge in [-0.25, -0.2) is 4.39 Å². The standard InChI is InChI=1S/C16H14BrFN2O/c17-13-5-4-11(8-14(13)18)16(21)20-7-6-10-2-1-3-15(19)12(10)9-20/h1-5,8H,6-7,9,19H2. The van der Waals surface area contributed by atoms with Crippen LogP contribution in [0.1, 0.15) is 21.5 Å². The molecule has 0 aromatic heterocycles. The first kappa shape index (κ1) is 14.1. The fraction of sp³-hybridized carbons (Fsp3) is 0.188. The number of carbonyl (C=O) groups is 1. The molecule has 0 spiro atoms. The Morgan fingerprint density at radius 1 is 1.29 bits per heavy atom.